The highest BCUT2D eigenvalue weighted by molar-refractivity contribution is 9.10. The number of halogens is 1. The molecular weight excluding hydrogens is 318 g/mol. The van der Waals surface area contributed by atoms with E-state index in [0.717, 1.165) is 12.1 Å². The van der Waals surface area contributed by atoms with Crippen LogP contribution in [0.3, 0.4) is 0 Å². The van der Waals surface area contributed by atoms with Gasteiger partial charge in [0.05, 0.1) is 11.9 Å². The van der Waals surface area contributed by atoms with Gasteiger partial charge < -0.3 is 5.32 Å². The van der Waals surface area contributed by atoms with Gasteiger partial charge in [-0.05, 0) is 48.0 Å². The van der Waals surface area contributed by atoms with Gasteiger partial charge in [-0.15, -0.1) is 0 Å². The molecule has 0 amide bonds. The summed E-state index contributed by atoms with van der Waals surface area (Å²) in [5.74, 6) is 0.703. The van der Waals surface area contributed by atoms with E-state index < -0.39 is 0 Å². The quantitative estimate of drug-likeness (QED) is 0.885. The van der Waals surface area contributed by atoms with Crippen LogP contribution in [0.15, 0.2) is 15.5 Å². The molecule has 112 valence electrons. The van der Waals surface area contributed by atoms with Crippen molar-refractivity contribution in [3.63, 3.8) is 0 Å². The number of anilines is 1. The molecular formula is C15H24BrN3O. The van der Waals surface area contributed by atoms with E-state index in [1.807, 2.05) is 6.92 Å². The maximum Gasteiger partial charge on any atom is 0.283 e. The lowest BCUT2D eigenvalue weighted by Crippen LogP contribution is -2.30. The van der Waals surface area contributed by atoms with Gasteiger partial charge in [0.25, 0.3) is 5.56 Å². The first kappa shape index (κ1) is 15.5. The average molecular weight is 342 g/mol. The Kier molecular flexibility index (Phi) is 5.64. The van der Waals surface area contributed by atoms with Crippen LogP contribution in [0, 0.1) is 5.92 Å². The number of hydrogen-bond acceptors (Lipinski definition) is 3. The Hall–Kier alpha value is -0.840. The van der Waals surface area contributed by atoms with Crippen LogP contribution in [0.5, 0.6) is 0 Å². The van der Waals surface area contributed by atoms with E-state index in [-0.39, 0.29) is 5.56 Å². The van der Waals surface area contributed by atoms with Crippen LogP contribution in [0.4, 0.5) is 5.69 Å². The maximum atomic E-state index is 12.2. The van der Waals surface area contributed by atoms with Gasteiger partial charge in [0.2, 0.25) is 0 Å². The SMILES string of the molecule is CCCn1ncc(NC(C)C2CCCCC2)c(Br)c1=O. The van der Waals surface area contributed by atoms with Gasteiger partial charge in [-0.25, -0.2) is 4.68 Å². The molecule has 0 aromatic carbocycles. The van der Waals surface area contributed by atoms with E-state index >= 15 is 0 Å². The minimum Gasteiger partial charge on any atom is -0.380 e. The van der Waals surface area contributed by atoms with E-state index in [4.69, 9.17) is 0 Å². The molecule has 1 aromatic heterocycles. The van der Waals surface area contributed by atoms with E-state index in [0.29, 0.717) is 23.0 Å². The van der Waals surface area contributed by atoms with Crippen LogP contribution < -0.4 is 10.9 Å². The molecule has 1 atom stereocenters. The zero-order valence-electron chi connectivity index (χ0n) is 12.4. The predicted molar refractivity (Wildman–Crippen MR) is 86.1 cm³/mol. The second kappa shape index (κ2) is 7.25. The monoisotopic (exact) mass is 341 g/mol. The molecule has 1 unspecified atom stereocenters. The molecule has 1 aromatic rings. The Bertz CT molecular complexity index is 494. The van der Waals surface area contributed by atoms with Crippen molar-refractivity contribution in [1.29, 1.82) is 0 Å². The Morgan fingerprint density at radius 3 is 2.80 bits per heavy atom. The molecule has 0 aliphatic heterocycles. The molecule has 5 heteroatoms. The summed E-state index contributed by atoms with van der Waals surface area (Å²) in [5, 5.41) is 7.71. The molecule has 0 radical (unpaired) electrons. The lowest BCUT2D eigenvalue weighted by atomic mass is 9.84. The lowest BCUT2D eigenvalue weighted by molar-refractivity contribution is 0.328. The molecule has 1 fully saturated rings. The first-order valence-electron chi connectivity index (χ1n) is 7.65. The summed E-state index contributed by atoms with van der Waals surface area (Å²) < 4.78 is 2.11. The van der Waals surface area contributed by atoms with Crippen LogP contribution in [-0.4, -0.2) is 15.8 Å². The van der Waals surface area contributed by atoms with Crippen molar-refractivity contribution in [2.45, 2.75) is 65.0 Å². The second-order valence-corrected chi connectivity index (χ2v) is 6.52. The number of rotatable bonds is 5. The fourth-order valence-corrected chi connectivity index (χ4v) is 3.36. The van der Waals surface area contributed by atoms with E-state index in [2.05, 4.69) is 33.3 Å². The summed E-state index contributed by atoms with van der Waals surface area (Å²) >= 11 is 3.42. The smallest absolute Gasteiger partial charge is 0.283 e. The molecule has 1 N–H and O–H groups in total. The highest BCUT2D eigenvalue weighted by Crippen LogP contribution is 2.29. The van der Waals surface area contributed by atoms with E-state index in [1.165, 1.54) is 36.8 Å². The van der Waals surface area contributed by atoms with Gasteiger partial charge in [-0.1, -0.05) is 26.2 Å². The summed E-state index contributed by atoms with van der Waals surface area (Å²) in [6.07, 6.45) is 9.26. The Balaban J connectivity index is 2.09. The van der Waals surface area contributed by atoms with Crippen LogP contribution in [0.1, 0.15) is 52.4 Å². The van der Waals surface area contributed by atoms with E-state index in [9.17, 15) is 4.79 Å². The van der Waals surface area contributed by atoms with Crippen molar-refractivity contribution in [2.75, 3.05) is 5.32 Å². The Morgan fingerprint density at radius 1 is 1.45 bits per heavy atom. The normalized spacial score (nSPS) is 17.9. The Labute approximate surface area is 129 Å². The van der Waals surface area contributed by atoms with Crippen molar-refractivity contribution in [3.8, 4) is 0 Å². The first-order chi connectivity index (χ1) is 9.63. The number of nitrogens with zero attached hydrogens (tertiary/aromatic N) is 2. The van der Waals surface area contributed by atoms with Crippen LogP contribution in [0.2, 0.25) is 0 Å². The van der Waals surface area contributed by atoms with Crippen LogP contribution in [-0.2, 0) is 6.54 Å². The van der Waals surface area contributed by atoms with Gasteiger partial charge in [-0.2, -0.15) is 5.10 Å². The van der Waals surface area contributed by atoms with Gasteiger partial charge in [0, 0.05) is 12.6 Å². The van der Waals surface area contributed by atoms with Crippen LogP contribution in [0.25, 0.3) is 0 Å². The number of aryl methyl sites for hydroxylation is 1. The highest BCUT2D eigenvalue weighted by atomic mass is 79.9. The minimum absolute atomic E-state index is 0.0484. The lowest BCUT2D eigenvalue weighted by Gasteiger charge is -2.29. The van der Waals surface area contributed by atoms with Crippen LogP contribution >= 0.6 is 15.9 Å². The third-order valence-electron chi connectivity index (χ3n) is 4.16. The summed E-state index contributed by atoms with van der Waals surface area (Å²) in [4.78, 5) is 12.2. The fourth-order valence-electron chi connectivity index (χ4n) is 2.93. The Morgan fingerprint density at radius 2 is 2.15 bits per heavy atom. The molecule has 1 aliphatic rings. The molecule has 20 heavy (non-hydrogen) atoms. The summed E-state index contributed by atoms with van der Waals surface area (Å²) in [5.41, 5.74) is 0.771. The van der Waals surface area contributed by atoms with Gasteiger partial charge in [-0.3, -0.25) is 4.79 Å². The number of nitrogens with one attached hydrogen (secondary N) is 1. The van der Waals surface area contributed by atoms with E-state index in [1.54, 1.807) is 6.20 Å². The zero-order chi connectivity index (χ0) is 14.5. The molecule has 1 saturated carbocycles. The second-order valence-electron chi connectivity index (χ2n) is 5.73. The summed E-state index contributed by atoms with van der Waals surface area (Å²) in [6.45, 7) is 4.91. The zero-order valence-corrected chi connectivity index (χ0v) is 13.9. The van der Waals surface area contributed by atoms with Crippen molar-refractivity contribution in [3.05, 3.63) is 21.0 Å². The van der Waals surface area contributed by atoms with Crippen molar-refractivity contribution >= 4 is 21.6 Å². The minimum atomic E-state index is -0.0484. The first-order valence-corrected chi connectivity index (χ1v) is 8.45. The van der Waals surface area contributed by atoms with Gasteiger partial charge >= 0.3 is 0 Å². The molecule has 4 nitrogen and oxygen atoms in total. The molecule has 0 saturated heterocycles. The third kappa shape index (κ3) is 3.62. The molecule has 2 rings (SSSR count). The third-order valence-corrected chi connectivity index (χ3v) is 4.93. The van der Waals surface area contributed by atoms with Crippen molar-refractivity contribution in [2.24, 2.45) is 5.92 Å². The molecule has 0 spiro atoms. The maximum absolute atomic E-state index is 12.2. The summed E-state index contributed by atoms with van der Waals surface area (Å²) in [6, 6.07) is 0.384. The predicted octanol–water partition coefficient (Wildman–Crippen LogP) is 3.80. The molecule has 0 bridgehead atoms. The fraction of sp³-hybridized carbons (Fsp3) is 0.733. The largest absolute Gasteiger partial charge is 0.380 e. The standard InChI is InChI=1S/C15H24BrN3O/c1-3-9-19-15(20)14(16)13(10-17-19)18-11(2)12-7-5-4-6-8-12/h10-12,18H,3-9H2,1-2H3. The number of aromatic nitrogens is 2. The number of hydrogen-bond donors (Lipinski definition) is 1. The van der Waals surface area contributed by atoms with Gasteiger partial charge in [0.15, 0.2) is 0 Å². The summed E-state index contributed by atoms with van der Waals surface area (Å²) in [7, 11) is 0. The van der Waals surface area contributed by atoms with Crippen molar-refractivity contribution < 1.29 is 0 Å². The topological polar surface area (TPSA) is 46.9 Å². The van der Waals surface area contributed by atoms with Gasteiger partial charge in [0.1, 0.15) is 4.47 Å². The molecule has 1 heterocycles. The van der Waals surface area contributed by atoms with Crippen molar-refractivity contribution in [1.82, 2.24) is 9.78 Å². The average Bonchev–Trinajstić information content (AvgIpc) is 2.48. The highest BCUT2D eigenvalue weighted by Gasteiger charge is 2.21. The molecule has 1 aliphatic carbocycles.